The first-order chi connectivity index (χ1) is 11.8. The van der Waals surface area contributed by atoms with Gasteiger partial charge in [-0.3, -0.25) is 4.79 Å². The van der Waals surface area contributed by atoms with Gasteiger partial charge in [0.1, 0.15) is 5.76 Å². The Hall–Kier alpha value is -2.85. The average Bonchev–Trinajstić information content (AvgIpc) is 3.28. The van der Waals surface area contributed by atoms with E-state index in [9.17, 15) is 4.79 Å². The zero-order valence-corrected chi connectivity index (χ0v) is 13.2. The first kappa shape index (κ1) is 14.7. The minimum absolute atomic E-state index is 0.110. The van der Waals surface area contributed by atoms with Crippen LogP contribution < -0.4 is 10.6 Å². The van der Waals surface area contributed by atoms with E-state index in [1.165, 1.54) is 16.7 Å². The summed E-state index contributed by atoms with van der Waals surface area (Å²) >= 11 is 0. The first-order valence-electron chi connectivity index (χ1n) is 8.05. The van der Waals surface area contributed by atoms with Crippen LogP contribution in [0.3, 0.4) is 0 Å². The van der Waals surface area contributed by atoms with Gasteiger partial charge in [-0.2, -0.15) is 0 Å². The minimum atomic E-state index is -0.110. The molecule has 4 rings (SSSR count). The lowest BCUT2D eigenvalue weighted by Crippen LogP contribution is -2.28. The molecule has 0 fully saturated rings. The molecule has 2 N–H and O–H groups in total. The molecule has 0 saturated carbocycles. The smallest absolute Gasteiger partial charge is 0.293 e. The molecule has 1 aliphatic heterocycles. The maximum atomic E-state index is 12.7. The van der Waals surface area contributed by atoms with Gasteiger partial charge in [0.2, 0.25) is 0 Å². The summed E-state index contributed by atoms with van der Waals surface area (Å²) in [5, 5.41) is 0. The van der Waals surface area contributed by atoms with Crippen LogP contribution in [0.4, 0.5) is 5.69 Å². The average molecular weight is 318 g/mol. The zero-order chi connectivity index (χ0) is 16.5. The van der Waals surface area contributed by atoms with E-state index in [1.807, 2.05) is 24.3 Å². The van der Waals surface area contributed by atoms with Crippen LogP contribution in [-0.2, 0) is 13.0 Å². The number of nitrogens with zero attached hydrogens (tertiary/aromatic N) is 1. The van der Waals surface area contributed by atoms with Gasteiger partial charge < -0.3 is 15.1 Å². The third-order valence-electron chi connectivity index (χ3n) is 4.40. The molecule has 4 heteroatoms. The third kappa shape index (κ3) is 2.51. The third-order valence-corrected chi connectivity index (χ3v) is 4.40. The molecule has 0 spiro atoms. The van der Waals surface area contributed by atoms with Crippen molar-refractivity contribution < 1.29 is 9.21 Å². The van der Waals surface area contributed by atoms with Crippen LogP contribution in [0.25, 0.3) is 11.1 Å². The van der Waals surface area contributed by atoms with Crippen molar-refractivity contribution in [3.63, 3.8) is 0 Å². The van der Waals surface area contributed by atoms with Crippen LogP contribution in [0.2, 0.25) is 0 Å². The van der Waals surface area contributed by atoms with E-state index in [4.69, 9.17) is 10.2 Å². The Morgan fingerprint density at radius 3 is 2.62 bits per heavy atom. The maximum absolute atomic E-state index is 12.7. The van der Waals surface area contributed by atoms with Gasteiger partial charge in [0.15, 0.2) is 5.76 Å². The molecule has 4 nitrogen and oxygen atoms in total. The second kappa shape index (κ2) is 5.98. The monoisotopic (exact) mass is 318 g/mol. The predicted octanol–water partition coefficient (Wildman–Crippen LogP) is 3.61. The molecule has 0 atom stereocenters. The predicted molar refractivity (Wildman–Crippen MR) is 93.9 cm³/mol. The van der Waals surface area contributed by atoms with Gasteiger partial charge in [0.25, 0.3) is 5.91 Å². The van der Waals surface area contributed by atoms with Crippen molar-refractivity contribution in [2.75, 3.05) is 11.4 Å². The van der Waals surface area contributed by atoms with Crippen LogP contribution in [-0.4, -0.2) is 12.5 Å². The Balaban J connectivity index is 1.63. The molecule has 1 aromatic heterocycles. The van der Waals surface area contributed by atoms with Crippen LogP contribution in [0.1, 0.15) is 21.9 Å². The maximum Gasteiger partial charge on any atom is 0.293 e. The van der Waals surface area contributed by atoms with E-state index in [1.54, 1.807) is 17.0 Å². The lowest BCUT2D eigenvalue weighted by atomic mass is 10.0. The number of carbonyl (C=O) groups is 1. The van der Waals surface area contributed by atoms with E-state index in [0.717, 1.165) is 12.1 Å². The van der Waals surface area contributed by atoms with Gasteiger partial charge in [-0.25, -0.2) is 0 Å². The van der Waals surface area contributed by atoms with Gasteiger partial charge in [0, 0.05) is 12.2 Å². The summed E-state index contributed by atoms with van der Waals surface area (Å²) in [4.78, 5) is 14.5. The van der Waals surface area contributed by atoms with Gasteiger partial charge in [0.05, 0.1) is 6.54 Å². The highest BCUT2D eigenvalue weighted by molar-refractivity contribution is 6.05. The fraction of sp³-hybridized carbons (Fsp3) is 0.150. The number of hydrogen-bond acceptors (Lipinski definition) is 3. The molecule has 24 heavy (non-hydrogen) atoms. The Morgan fingerprint density at radius 1 is 1.04 bits per heavy atom. The zero-order valence-electron chi connectivity index (χ0n) is 13.2. The second-order valence-corrected chi connectivity index (χ2v) is 5.89. The normalized spacial score (nSPS) is 13.1. The SMILES string of the molecule is NCc1ccc(C(=O)N2CCc3cc(-c4ccccc4)ccc32)o1. The Bertz CT molecular complexity index is 884. The Kier molecular flexibility index (Phi) is 3.67. The van der Waals surface area contributed by atoms with E-state index in [2.05, 4.69) is 24.3 Å². The summed E-state index contributed by atoms with van der Waals surface area (Å²) in [6.07, 6.45) is 0.853. The van der Waals surface area contributed by atoms with Crippen molar-refractivity contribution in [2.24, 2.45) is 5.73 Å². The molecule has 2 heterocycles. The highest BCUT2D eigenvalue weighted by Crippen LogP contribution is 2.33. The summed E-state index contributed by atoms with van der Waals surface area (Å²) in [5.41, 5.74) is 10.1. The molecule has 0 bridgehead atoms. The van der Waals surface area contributed by atoms with E-state index < -0.39 is 0 Å². The molecule has 1 amide bonds. The van der Waals surface area contributed by atoms with Crippen LogP contribution in [0.5, 0.6) is 0 Å². The highest BCUT2D eigenvalue weighted by Gasteiger charge is 2.27. The quantitative estimate of drug-likeness (QED) is 0.802. The summed E-state index contributed by atoms with van der Waals surface area (Å²) in [6.45, 7) is 0.968. The number of amides is 1. The van der Waals surface area contributed by atoms with Crippen LogP contribution in [0, 0.1) is 0 Å². The largest absolute Gasteiger partial charge is 0.455 e. The van der Waals surface area contributed by atoms with Crippen molar-refractivity contribution in [1.82, 2.24) is 0 Å². The number of furan rings is 1. The molecule has 2 aromatic carbocycles. The fourth-order valence-corrected chi connectivity index (χ4v) is 3.16. The number of hydrogen-bond donors (Lipinski definition) is 1. The molecular formula is C20H18N2O2. The van der Waals surface area contributed by atoms with E-state index >= 15 is 0 Å². The molecule has 0 saturated heterocycles. The van der Waals surface area contributed by atoms with Crippen LogP contribution >= 0.6 is 0 Å². The summed E-state index contributed by atoms with van der Waals surface area (Å²) in [7, 11) is 0. The molecule has 0 aliphatic carbocycles. The molecular weight excluding hydrogens is 300 g/mol. The van der Waals surface area contributed by atoms with Gasteiger partial charge >= 0.3 is 0 Å². The molecule has 120 valence electrons. The lowest BCUT2D eigenvalue weighted by molar-refractivity contribution is 0.0961. The highest BCUT2D eigenvalue weighted by atomic mass is 16.4. The lowest BCUT2D eigenvalue weighted by Gasteiger charge is -2.16. The van der Waals surface area contributed by atoms with Gasteiger partial charge in [-0.1, -0.05) is 36.4 Å². The van der Waals surface area contributed by atoms with Crippen LogP contribution in [0.15, 0.2) is 65.1 Å². The number of anilines is 1. The van der Waals surface area contributed by atoms with Crippen molar-refractivity contribution >= 4 is 11.6 Å². The van der Waals surface area contributed by atoms with E-state index in [-0.39, 0.29) is 5.91 Å². The van der Waals surface area contributed by atoms with Gasteiger partial charge in [-0.05, 0) is 47.4 Å². The summed E-state index contributed by atoms with van der Waals surface area (Å²) in [5.74, 6) is 0.855. The van der Waals surface area contributed by atoms with Crippen molar-refractivity contribution in [2.45, 2.75) is 13.0 Å². The molecule has 1 aliphatic rings. The standard InChI is InChI=1S/C20H18N2O2/c21-13-17-7-9-19(24-17)20(23)22-11-10-16-12-15(6-8-18(16)22)14-4-2-1-3-5-14/h1-9,12H,10-11,13,21H2. The molecule has 0 radical (unpaired) electrons. The minimum Gasteiger partial charge on any atom is -0.455 e. The number of fused-ring (bicyclic) bond motifs is 1. The summed E-state index contributed by atoms with van der Waals surface area (Å²) in [6, 6.07) is 20.0. The van der Waals surface area contributed by atoms with Gasteiger partial charge in [-0.15, -0.1) is 0 Å². The van der Waals surface area contributed by atoms with Crippen molar-refractivity contribution in [1.29, 1.82) is 0 Å². The second-order valence-electron chi connectivity index (χ2n) is 5.89. The van der Waals surface area contributed by atoms with E-state index in [0.29, 0.717) is 24.6 Å². The molecule has 3 aromatic rings. The number of nitrogens with two attached hydrogens (primary N) is 1. The number of carbonyl (C=O) groups excluding carboxylic acids is 1. The number of benzene rings is 2. The fourth-order valence-electron chi connectivity index (χ4n) is 3.16. The Morgan fingerprint density at radius 2 is 1.88 bits per heavy atom. The Labute approximate surface area is 140 Å². The number of rotatable bonds is 3. The van der Waals surface area contributed by atoms with Crippen molar-refractivity contribution in [3.05, 3.63) is 77.7 Å². The van der Waals surface area contributed by atoms with Crippen molar-refractivity contribution in [3.8, 4) is 11.1 Å². The topological polar surface area (TPSA) is 59.5 Å². The molecule has 0 unspecified atom stereocenters. The summed E-state index contributed by atoms with van der Waals surface area (Å²) < 4.78 is 5.50. The first-order valence-corrected chi connectivity index (χ1v) is 8.05.